The van der Waals surface area contributed by atoms with Crippen LogP contribution in [0.3, 0.4) is 0 Å². The number of methoxy groups -OCH3 is 1. The number of hydrogen-bond acceptors (Lipinski definition) is 4. The van der Waals surface area contributed by atoms with Crippen molar-refractivity contribution in [1.82, 2.24) is 9.55 Å². The maximum atomic E-state index is 13.4. The lowest BCUT2D eigenvalue weighted by atomic mass is 9.98. The summed E-state index contributed by atoms with van der Waals surface area (Å²) in [4.78, 5) is 28.1. The number of aryl methyl sites for hydroxylation is 1. The maximum Gasteiger partial charge on any atom is 0.328 e. The van der Waals surface area contributed by atoms with Gasteiger partial charge < -0.3 is 4.74 Å². The van der Waals surface area contributed by atoms with Crippen LogP contribution in [0.1, 0.15) is 5.56 Å². The third-order valence-corrected chi connectivity index (χ3v) is 5.92. The second-order valence-electron chi connectivity index (χ2n) is 6.34. The lowest BCUT2D eigenvalue weighted by molar-refractivity contribution is 0.107. The van der Waals surface area contributed by atoms with E-state index in [0.29, 0.717) is 23.2 Å². The maximum absolute atomic E-state index is 13.4. The number of aromatic nitrogens is 2. The summed E-state index contributed by atoms with van der Waals surface area (Å²) in [7, 11) is 1.61. The first-order chi connectivity index (χ1) is 12.5. The predicted octanol–water partition coefficient (Wildman–Crippen LogP) is 2.93. The van der Waals surface area contributed by atoms with Crippen LogP contribution in [0.15, 0.2) is 44.8 Å². The quantitative estimate of drug-likeness (QED) is 0.751. The van der Waals surface area contributed by atoms with E-state index in [1.165, 1.54) is 12.1 Å². The fraction of sp³-hybridized carbons (Fsp3) is 0.263. The second kappa shape index (κ2) is 6.41. The molecule has 0 unspecified atom stereocenters. The molecular weight excluding hydrogens is 355 g/mol. The Kier molecular flexibility index (Phi) is 4.20. The molecule has 4 rings (SSSR count). The summed E-state index contributed by atoms with van der Waals surface area (Å²) in [5.41, 5.74) is 2.45. The zero-order valence-corrected chi connectivity index (χ0v) is 15.2. The standard InChI is InChI=1S/C19H17FN2O3S/c1-10-7-14-16-17(15(10)11-3-5-12(20)6-4-11)26-9-13(25-2)8-22(16)19(24)21-18(14)23/h3-7,13H,8-9H2,1-2H3,(H,21,23,24)/t13-/m0/s1. The number of hydrogen-bond donors (Lipinski definition) is 1. The number of rotatable bonds is 2. The van der Waals surface area contributed by atoms with Crippen molar-refractivity contribution in [3.05, 3.63) is 62.6 Å². The molecule has 1 atom stereocenters. The van der Waals surface area contributed by atoms with Gasteiger partial charge in [0.2, 0.25) is 0 Å². The third-order valence-electron chi connectivity index (χ3n) is 4.70. The van der Waals surface area contributed by atoms with Gasteiger partial charge in [-0.2, -0.15) is 0 Å². The Morgan fingerprint density at radius 1 is 1.27 bits per heavy atom. The molecule has 1 aliphatic rings. The van der Waals surface area contributed by atoms with Crippen LogP contribution < -0.4 is 11.2 Å². The first-order valence-corrected chi connectivity index (χ1v) is 9.20. The van der Waals surface area contributed by atoms with E-state index in [9.17, 15) is 14.0 Å². The molecule has 0 saturated carbocycles. The monoisotopic (exact) mass is 372 g/mol. The summed E-state index contributed by atoms with van der Waals surface area (Å²) in [6.45, 7) is 2.29. The zero-order valence-electron chi connectivity index (χ0n) is 14.3. The Labute approximate surface area is 152 Å². The molecule has 0 amide bonds. The van der Waals surface area contributed by atoms with Crippen LogP contribution in [-0.2, 0) is 11.3 Å². The first kappa shape index (κ1) is 17.1. The number of benzene rings is 2. The molecule has 0 bridgehead atoms. The van der Waals surface area contributed by atoms with Gasteiger partial charge in [0.1, 0.15) is 5.82 Å². The van der Waals surface area contributed by atoms with E-state index in [1.807, 2.05) is 6.92 Å². The van der Waals surface area contributed by atoms with Gasteiger partial charge in [0, 0.05) is 23.3 Å². The van der Waals surface area contributed by atoms with E-state index in [2.05, 4.69) is 4.98 Å². The van der Waals surface area contributed by atoms with E-state index in [4.69, 9.17) is 4.74 Å². The number of nitrogens with one attached hydrogen (secondary N) is 1. The molecule has 1 N–H and O–H groups in total. The van der Waals surface area contributed by atoms with Crippen LogP contribution in [0.4, 0.5) is 4.39 Å². The highest BCUT2D eigenvalue weighted by atomic mass is 32.2. The number of aromatic amines is 1. The molecule has 134 valence electrons. The molecule has 0 radical (unpaired) electrons. The van der Waals surface area contributed by atoms with Crippen molar-refractivity contribution in [3.8, 4) is 11.1 Å². The second-order valence-corrected chi connectivity index (χ2v) is 7.37. The van der Waals surface area contributed by atoms with Gasteiger partial charge in [0.05, 0.1) is 23.6 Å². The minimum Gasteiger partial charge on any atom is -0.379 e. The average Bonchev–Trinajstić information content (AvgIpc) is 2.81. The van der Waals surface area contributed by atoms with Crippen molar-refractivity contribution in [2.75, 3.05) is 12.9 Å². The number of thioether (sulfide) groups is 1. The van der Waals surface area contributed by atoms with Crippen LogP contribution >= 0.6 is 11.8 Å². The van der Waals surface area contributed by atoms with Gasteiger partial charge in [-0.3, -0.25) is 14.3 Å². The van der Waals surface area contributed by atoms with Crippen molar-refractivity contribution in [2.24, 2.45) is 0 Å². The highest BCUT2D eigenvalue weighted by Gasteiger charge is 2.25. The summed E-state index contributed by atoms with van der Waals surface area (Å²) in [5.74, 6) is 0.344. The van der Waals surface area contributed by atoms with E-state index < -0.39 is 11.2 Å². The van der Waals surface area contributed by atoms with Crippen LogP contribution in [0.2, 0.25) is 0 Å². The molecule has 5 nitrogen and oxygen atoms in total. The van der Waals surface area contributed by atoms with Crippen molar-refractivity contribution in [1.29, 1.82) is 0 Å². The molecule has 3 aromatic rings. The van der Waals surface area contributed by atoms with Gasteiger partial charge in [-0.25, -0.2) is 9.18 Å². The van der Waals surface area contributed by atoms with Gasteiger partial charge in [-0.1, -0.05) is 12.1 Å². The fourth-order valence-electron chi connectivity index (χ4n) is 3.42. The average molecular weight is 372 g/mol. The van der Waals surface area contributed by atoms with Crippen LogP contribution in [-0.4, -0.2) is 28.5 Å². The van der Waals surface area contributed by atoms with Crippen LogP contribution in [0.25, 0.3) is 22.0 Å². The molecule has 0 aliphatic carbocycles. The largest absolute Gasteiger partial charge is 0.379 e. The zero-order chi connectivity index (χ0) is 18.4. The molecule has 1 aliphatic heterocycles. The van der Waals surface area contributed by atoms with Gasteiger partial charge in [-0.15, -0.1) is 11.8 Å². The summed E-state index contributed by atoms with van der Waals surface area (Å²) >= 11 is 1.56. The Morgan fingerprint density at radius 2 is 2.00 bits per heavy atom. The van der Waals surface area contributed by atoms with E-state index >= 15 is 0 Å². The smallest absolute Gasteiger partial charge is 0.328 e. The van der Waals surface area contributed by atoms with Gasteiger partial charge in [0.15, 0.2) is 0 Å². The van der Waals surface area contributed by atoms with E-state index in [-0.39, 0.29) is 11.9 Å². The Morgan fingerprint density at radius 3 is 2.69 bits per heavy atom. The fourth-order valence-corrected chi connectivity index (χ4v) is 4.79. The van der Waals surface area contributed by atoms with Crippen molar-refractivity contribution in [2.45, 2.75) is 24.5 Å². The molecule has 0 spiro atoms. The van der Waals surface area contributed by atoms with Crippen molar-refractivity contribution >= 4 is 22.7 Å². The van der Waals surface area contributed by atoms with Crippen LogP contribution in [0.5, 0.6) is 0 Å². The lowest BCUT2D eigenvalue weighted by Gasteiger charge is -2.16. The third kappa shape index (κ3) is 2.68. The van der Waals surface area contributed by atoms with E-state index in [0.717, 1.165) is 21.6 Å². The minimum atomic E-state index is -0.442. The summed E-state index contributed by atoms with van der Waals surface area (Å²) in [6, 6.07) is 8.05. The Balaban J connectivity index is 2.12. The first-order valence-electron chi connectivity index (χ1n) is 8.21. The van der Waals surface area contributed by atoms with Gasteiger partial charge in [0.25, 0.3) is 5.56 Å². The Bertz CT molecular complexity index is 1120. The summed E-state index contributed by atoms with van der Waals surface area (Å²) in [5, 5.41) is 0.479. The van der Waals surface area contributed by atoms with Crippen LogP contribution in [0, 0.1) is 12.7 Å². The summed E-state index contributed by atoms with van der Waals surface area (Å²) in [6.07, 6.45) is -0.152. The van der Waals surface area contributed by atoms with Gasteiger partial charge >= 0.3 is 5.69 Å². The topological polar surface area (TPSA) is 64.1 Å². The number of halogens is 1. The lowest BCUT2D eigenvalue weighted by Crippen LogP contribution is -2.34. The van der Waals surface area contributed by atoms with Crippen molar-refractivity contribution in [3.63, 3.8) is 0 Å². The normalized spacial score (nSPS) is 16.7. The Hall–Kier alpha value is -2.38. The molecule has 26 heavy (non-hydrogen) atoms. The number of H-pyrrole nitrogens is 1. The molecule has 2 aromatic carbocycles. The minimum absolute atomic E-state index is 0.152. The molecule has 7 heteroatoms. The molecule has 0 fully saturated rings. The van der Waals surface area contributed by atoms with E-state index in [1.54, 1.807) is 41.6 Å². The molecule has 1 aromatic heterocycles. The molecule has 2 heterocycles. The van der Waals surface area contributed by atoms with Crippen molar-refractivity contribution < 1.29 is 9.13 Å². The highest BCUT2D eigenvalue weighted by molar-refractivity contribution is 7.99. The molecule has 0 saturated heterocycles. The predicted molar refractivity (Wildman–Crippen MR) is 100 cm³/mol. The number of nitrogens with zero attached hydrogens (tertiary/aromatic N) is 1. The summed E-state index contributed by atoms with van der Waals surface area (Å²) < 4.78 is 20.4. The number of ether oxygens (including phenoxy) is 1. The molecular formula is C19H17FN2O3S. The SMILES string of the molecule is CO[C@@H]1CSc2c(-c3ccc(F)cc3)c(C)cc3c(=O)[nH]c(=O)n(c23)C1. The highest BCUT2D eigenvalue weighted by Crippen LogP contribution is 2.40. The van der Waals surface area contributed by atoms with Gasteiger partial charge in [-0.05, 0) is 36.2 Å².